The Hall–Kier alpha value is -1.76. The molecule has 0 radical (unpaired) electrons. The molecule has 0 spiro atoms. The van der Waals surface area contributed by atoms with Gasteiger partial charge in [0.05, 0.1) is 5.75 Å². The van der Waals surface area contributed by atoms with Crippen molar-refractivity contribution < 1.29 is 22.7 Å². The summed E-state index contributed by atoms with van der Waals surface area (Å²) in [6.07, 6.45) is 1.85. The largest absolute Gasteiger partial charge is 0.454 e. The van der Waals surface area contributed by atoms with Crippen LogP contribution < -0.4 is 9.47 Å². The van der Waals surface area contributed by atoms with Gasteiger partial charge in [-0.1, -0.05) is 6.07 Å². The summed E-state index contributed by atoms with van der Waals surface area (Å²) in [5, 5.41) is 0. The molecule has 0 saturated heterocycles. The van der Waals surface area contributed by atoms with Gasteiger partial charge in [0.2, 0.25) is 12.7 Å². The lowest BCUT2D eigenvalue weighted by atomic mass is 10.0. The molecule has 7 heteroatoms. The van der Waals surface area contributed by atoms with Gasteiger partial charge in [-0.05, 0) is 38.0 Å². The van der Waals surface area contributed by atoms with E-state index in [9.17, 15) is 13.2 Å². The van der Waals surface area contributed by atoms with Crippen molar-refractivity contribution in [3.05, 3.63) is 23.8 Å². The Labute approximate surface area is 137 Å². The summed E-state index contributed by atoms with van der Waals surface area (Å²) < 4.78 is 33.1. The van der Waals surface area contributed by atoms with Gasteiger partial charge in [0.1, 0.15) is 9.84 Å². The van der Waals surface area contributed by atoms with Crippen molar-refractivity contribution in [3.8, 4) is 11.5 Å². The lowest BCUT2D eigenvalue weighted by Gasteiger charge is -2.28. The number of benzene rings is 1. The Bertz CT molecular complexity index is 671. The first-order valence-corrected chi connectivity index (χ1v) is 9.72. The number of carbonyl (C=O) groups excluding carboxylic acids is 1. The van der Waals surface area contributed by atoms with Crippen molar-refractivity contribution in [2.24, 2.45) is 0 Å². The zero-order valence-corrected chi connectivity index (χ0v) is 14.6. The molecule has 1 aliphatic heterocycles. The average molecular weight is 341 g/mol. The SMILES string of the molecule is CCN(C(=O)CCS(C)(=O)=O)C(C)Cc1ccc2c(c1)OCO2. The van der Waals surface area contributed by atoms with E-state index >= 15 is 0 Å². The van der Waals surface area contributed by atoms with Crippen LogP contribution in [0.5, 0.6) is 11.5 Å². The first-order chi connectivity index (χ1) is 10.8. The van der Waals surface area contributed by atoms with Crippen LogP contribution in [0, 0.1) is 0 Å². The van der Waals surface area contributed by atoms with E-state index in [2.05, 4.69) is 0 Å². The minimum Gasteiger partial charge on any atom is -0.454 e. The van der Waals surface area contributed by atoms with Crippen LogP contribution in [0.3, 0.4) is 0 Å². The molecular formula is C16H23NO5S. The minimum absolute atomic E-state index is 0.0209. The average Bonchev–Trinajstić information content (AvgIpc) is 2.92. The smallest absolute Gasteiger partial charge is 0.231 e. The second-order valence-electron chi connectivity index (χ2n) is 5.80. The first kappa shape index (κ1) is 17.6. The first-order valence-electron chi connectivity index (χ1n) is 7.66. The molecule has 1 aromatic rings. The standard InChI is InChI=1S/C16H23NO5S/c1-4-17(16(18)7-8-23(3,19)20)12(2)9-13-5-6-14-15(10-13)22-11-21-14/h5-6,10,12H,4,7-9,11H2,1-3H3. The maximum absolute atomic E-state index is 12.3. The van der Waals surface area contributed by atoms with Gasteiger partial charge in [-0.3, -0.25) is 4.79 Å². The fourth-order valence-electron chi connectivity index (χ4n) is 2.67. The van der Waals surface area contributed by atoms with Gasteiger partial charge < -0.3 is 14.4 Å². The van der Waals surface area contributed by atoms with Crippen LogP contribution in [-0.4, -0.2) is 50.6 Å². The Morgan fingerprint density at radius 2 is 2.00 bits per heavy atom. The van der Waals surface area contributed by atoms with Crippen molar-refractivity contribution in [3.63, 3.8) is 0 Å². The van der Waals surface area contributed by atoms with Gasteiger partial charge in [-0.15, -0.1) is 0 Å². The van der Waals surface area contributed by atoms with Crippen LogP contribution in [-0.2, 0) is 21.1 Å². The third-order valence-corrected chi connectivity index (χ3v) is 4.79. The predicted molar refractivity (Wildman–Crippen MR) is 87.4 cm³/mol. The number of rotatable bonds is 7. The van der Waals surface area contributed by atoms with Crippen molar-refractivity contribution in [1.29, 1.82) is 0 Å². The highest BCUT2D eigenvalue weighted by Gasteiger charge is 2.21. The van der Waals surface area contributed by atoms with Gasteiger partial charge >= 0.3 is 0 Å². The van der Waals surface area contributed by atoms with Crippen molar-refractivity contribution >= 4 is 15.7 Å². The summed E-state index contributed by atoms with van der Waals surface area (Å²) in [4.78, 5) is 14.0. The molecule has 23 heavy (non-hydrogen) atoms. The fraction of sp³-hybridized carbons (Fsp3) is 0.562. The molecule has 1 unspecified atom stereocenters. The number of fused-ring (bicyclic) bond motifs is 1. The van der Waals surface area contributed by atoms with Gasteiger partial charge in [-0.2, -0.15) is 0 Å². The molecule has 0 aromatic heterocycles. The lowest BCUT2D eigenvalue weighted by molar-refractivity contribution is -0.132. The normalized spacial score (nSPS) is 14.6. The van der Waals surface area contributed by atoms with Gasteiger partial charge in [0.15, 0.2) is 11.5 Å². The van der Waals surface area contributed by atoms with E-state index in [0.29, 0.717) is 13.0 Å². The minimum atomic E-state index is -3.13. The van der Waals surface area contributed by atoms with E-state index in [-0.39, 0.29) is 30.9 Å². The number of carbonyl (C=O) groups is 1. The predicted octanol–water partition coefficient (Wildman–Crippen LogP) is 1.63. The van der Waals surface area contributed by atoms with E-state index in [0.717, 1.165) is 23.3 Å². The summed E-state index contributed by atoms with van der Waals surface area (Å²) in [5.74, 6) is 1.21. The summed E-state index contributed by atoms with van der Waals surface area (Å²) in [5.41, 5.74) is 1.05. The van der Waals surface area contributed by atoms with Crippen molar-refractivity contribution in [2.45, 2.75) is 32.7 Å². The summed E-state index contributed by atoms with van der Waals surface area (Å²) in [6.45, 7) is 4.65. The molecule has 0 fully saturated rings. The van der Waals surface area contributed by atoms with Crippen molar-refractivity contribution in [2.75, 3.05) is 25.3 Å². The number of nitrogens with zero attached hydrogens (tertiary/aromatic N) is 1. The fourth-order valence-corrected chi connectivity index (χ4v) is 3.21. The highest BCUT2D eigenvalue weighted by atomic mass is 32.2. The molecule has 1 amide bonds. The molecule has 1 heterocycles. The Balaban J connectivity index is 1.99. The molecule has 6 nitrogen and oxygen atoms in total. The van der Waals surface area contributed by atoms with Gasteiger partial charge in [-0.25, -0.2) is 8.42 Å². The third kappa shape index (κ3) is 4.86. The van der Waals surface area contributed by atoms with Gasteiger partial charge in [0.25, 0.3) is 0 Å². The number of sulfone groups is 1. The third-order valence-electron chi connectivity index (χ3n) is 3.85. The highest BCUT2D eigenvalue weighted by molar-refractivity contribution is 7.90. The molecule has 2 rings (SSSR count). The quantitative estimate of drug-likeness (QED) is 0.754. The van der Waals surface area contributed by atoms with Crippen LogP contribution in [0.4, 0.5) is 0 Å². The number of hydrogen-bond donors (Lipinski definition) is 0. The molecule has 1 aliphatic rings. The number of likely N-dealkylation sites (N-methyl/N-ethyl adjacent to an activating group) is 1. The summed E-state index contributed by atoms with van der Waals surface area (Å²) >= 11 is 0. The van der Waals surface area contributed by atoms with Crippen LogP contribution in [0.2, 0.25) is 0 Å². The molecular weight excluding hydrogens is 318 g/mol. The Kier molecular flexibility index (Phi) is 5.51. The Morgan fingerprint density at radius 3 is 2.65 bits per heavy atom. The second kappa shape index (κ2) is 7.21. The lowest BCUT2D eigenvalue weighted by Crippen LogP contribution is -2.40. The molecule has 0 saturated carbocycles. The summed E-state index contributed by atoms with van der Waals surface area (Å²) in [7, 11) is -3.13. The molecule has 0 N–H and O–H groups in total. The number of ether oxygens (including phenoxy) is 2. The second-order valence-corrected chi connectivity index (χ2v) is 8.06. The van der Waals surface area contributed by atoms with Crippen molar-refractivity contribution in [1.82, 2.24) is 4.90 Å². The van der Waals surface area contributed by atoms with E-state index in [4.69, 9.17) is 9.47 Å². The van der Waals surface area contributed by atoms with E-state index in [1.54, 1.807) is 4.90 Å². The molecule has 0 bridgehead atoms. The highest BCUT2D eigenvalue weighted by Crippen LogP contribution is 2.33. The van der Waals surface area contributed by atoms with E-state index in [1.807, 2.05) is 32.0 Å². The maximum Gasteiger partial charge on any atom is 0.231 e. The van der Waals surface area contributed by atoms with E-state index in [1.165, 1.54) is 0 Å². The number of amides is 1. The zero-order valence-electron chi connectivity index (χ0n) is 13.7. The van der Waals surface area contributed by atoms with Crippen LogP contribution in [0.15, 0.2) is 18.2 Å². The molecule has 0 aliphatic carbocycles. The maximum atomic E-state index is 12.3. The molecule has 1 aromatic carbocycles. The topological polar surface area (TPSA) is 72.9 Å². The zero-order chi connectivity index (χ0) is 17.0. The summed E-state index contributed by atoms with van der Waals surface area (Å²) in [6, 6.07) is 5.73. The monoisotopic (exact) mass is 341 g/mol. The van der Waals surface area contributed by atoms with E-state index < -0.39 is 9.84 Å². The van der Waals surface area contributed by atoms with Crippen LogP contribution in [0.1, 0.15) is 25.8 Å². The Morgan fingerprint density at radius 1 is 1.30 bits per heavy atom. The van der Waals surface area contributed by atoms with Crippen LogP contribution >= 0.6 is 0 Å². The molecule has 128 valence electrons. The number of hydrogen-bond acceptors (Lipinski definition) is 5. The molecule has 1 atom stereocenters. The van der Waals surface area contributed by atoms with Crippen LogP contribution in [0.25, 0.3) is 0 Å². The van der Waals surface area contributed by atoms with Gasteiger partial charge in [0, 0.05) is 25.3 Å².